The Labute approximate surface area is 389 Å². The van der Waals surface area contributed by atoms with Gasteiger partial charge in [0.25, 0.3) is 23.6 Å². The first-order valence-corrected chi connectivity index (χ1v) is 20.4. The standard InChI is InChI=1S/C44H52N12O12/c1-65-32-11-10-26(16-27(32)39(46)60)55-43(64)31(6-5-15-49-44(47)48)56-42(63)30-19-25(9-14-35(30)68-4)54-38(59)22-51-41(62)29-18-24(8-13-34(29)67-3)53-37(58)21-50-40(61)28-17-23(52-36(57)20-45)7-12-33(28)66-2/h7-14,16-19,31H,5-6,15,20-22,45H2,1-4H3,(H2,46,60)(H,50,61)(H,51,62)(H,52,57)(H,53,58)(H,54,59)(H,55,64)(H,56,63)(H4,47,48,49)/t31-/m1/s1. The quantitative estimate of drug-likeness (QED) is 0.0270. The van der Waals surface area contributed by atoms with Gasteiger partial charge in [-0.2, -0.15) is 0 Å². The number of ether oxygens (including phenoxy) is 4. The fourth-order valence-corrected chi connectivity index (χ4v) is 6.24. The van der Waals surface area contributed by atoms with Gasteiger partial charge in [0.05, 0.1) is 70.3 Å². The highest BCUT2D eigenvalue weighted by molar-refractivity contribution is 6.06. The molecule has 24 heteroatoms. The van der Waals surface area contributed by atoms with Gasteiger partial charge in [0, 0.05) is 29.3 Å². The first-order valence-electron chi connectivity index (χ1n) is 20.4. The zero-order valence-electron chi connectivity index (χ0n) is 37.4. The van der Waals surface area contributed by atoms with E-state index in [1.165, 1.54) is 101 Å². The number of carbonyl (C=O) groups excluding carboxylic acids is 8. The number of methoxy groups -OCH3 is 4. The SMILES string of the molecule is COc1ccc(NC(=O)[C@@H](CCCN=C(N)N)NC(=O)c2cc(NC(=O)CNC(=O)c3cc(NC(=O)CNC(=O)c4cc(NC(=O)CN)ccc4OC)ccc3OC)ccc2OC)cc1C(N)=O. The van der Waals surface area contributed by atoms with E-state index >= 15 is 0 Å². The van der Waals surface area contributed by atoms with Gasteiger partial charge >= 0.3 is 0 Å². The Morgan fingerprint density at radius 1 is 0.529 bits per heavy atom. The molecule has 0 bridgehead atoms. The van der Waals surface area contributed by atoms with E-state index < -0.39 is 66.4 Å². The van der Waals surface area contributed by atoms with E-state index in [2.05, 4.69) is 42.2 Å². The van der Waals surface area contributed by atoms with Crippen molar-refractivity contribution in [2.45, 2.75) is 18.9 Å². The lowest BCUT2D eigenvalue weighted by molar-refractivity contribution is -0.118. The van der Waals surface area contributed by atoms with Crippen molar-refractivity contribution >= 4 is 76.0 Å². The molecule has 24 nitrogen and oxygen atoms in total. The number of anilines is 4. The monoisotopic (exact) mass is 940 g/mol. The van der Waals surface area contributed by atoms with Gasteiger partial charge < -0.3 is 79.1 Å². The molecule has 68 heavy (non-hydrogen) atoms. The number of nitrogens with one attached hydrogen (secondary N) is 7. The Morgan fingerprint density at radius 3 is 1.31 bits per heavy atom. The molecule has 0 aliphatic heterocycles. The number of nitrogens with zero attached hydrogens (tertiary/aromatic N) is 1. The van der Waals surface area contributed by atoms with E-state index in [9.17, 15) is 38.4 Å². The largest absolute Gasteiger partial charge is 0.496 e. The van der Waals surface area contributed by atoms with Gasteiger partial charge in [-0.25, -0.2) is 0 Å². The number of aliphatic imine (C=N–C) groups is 1. The van der Waals surface area contributed by atoms with Crippen LogP contribution in [0.2, 0.25) is 0 Å². The maximum atomic E-state index is 13.8. The summed E-state index contributed by atoms with van der Waals surface area (Å²) < 4.78 is 21.1. The third-order valence-electron chi connectivity index (χ3n) is 9.49. The number of hydrogen-bond acceptors (Lipinski definition) is 14. The highest BCUT2D eigenvalue weighted by atomic mass is 16.5. The van der Waals surface area contributed by atoms with E-state index in [4.69, 9.17) is 41.9 Å². The Balaban J connectivity index is 1.40. The van der Waals surface area contributed by atoms with Crippen LogP contribution in [-0.2, 0) is 19.2 Å². The molecular formula is C44H52N12O12. The summed E-state index contributed by atoms with van der Waals surface area (Å²) in [5, 5.41) is 18.0. The predicted octanol–water partition coefficient (Wildman–Crippen LogP) is 0.245. The van der Waals surface area contributed by atoms with Gasteiger partial charge in [-0.1, -0.05) is 0 Å². The van der Waals surface area contributed by atoms with Gasteiger partial charge in [0.1, 0.15) is 29.0 Å². The highest BCUT2D eigenvalue weighted by Crippen LogP contribution is 2.26. The summed E-state index contributed by atoms with van der Waals surface area (Å²) in [6, 6.07) is 15.8. The molecule has 8 amide bonds. The van der Waals surface area contributed by atoms with Gasteiger partial charge in [-0.15, -0.1) is 0 Å². The third kappa shape index (κ3) is 14.8. The molecule has 4 rings (SSSR count). The lowest BCUT2D eigenvalue weighted by atomic mass is 10.1. The smallest absolute Gasteiger partial charge is 0.255 e. The summed E-state index contributed by atoms with van der Waals surface area (Å²) in [5.41, 5.74) is 22.4. The van der Waals surface area contributed by atoms with Crippen LogP contribution in [0.15, 0.2) is 77.8 Å². The van der Waals surface area contributed by atoms with Crippen LogP contribution in [-0.4, -0.2) is 114 Å². The minimum Gasteiger partial charge on any atom is -0.496 e. The van der Waals surface area contributed by atoms with E-state index in [1.807, 2.05) is 0 Å². The lowest BCUT2D eigenvalue weighted by Crippen LogP contribution is -2.44. The van der Waals surface area contributed by atoms with Crippen molar-refractivity contribution in [2.24, 2.45) is 27.9 Å². The molecule has 0 fully saturated rings. The van der Waals surface area contributed by atoms with Crippen molar-refractivity contribution in [3.63, 3.8) is 0 Å². The molecule has 0 saturated heterocycles. The van der Waals surface area contributed by atoms with Crippen molar-refractivity contribution in [3.05, 3.63) is 95.1 Å². The topological polar surface area (TPSA) is 374 Å². The molecule has 360 valence electrons. The zero-order valence-corrected chi connectivity index (χ0v) is 37.4. The normalized spacial score (nSPS) is 10.8. The van der Waals surface area contributed by atoms with Crippen molar-refractivity contribution < 1.29 is 57.3 Å². The summed E-state index contributed by atoms with van der Waals surface area (Å²) >= 11 is 0. The fourth-order valence-electron chi connectivity index (χ4n) is 6.24. The Kier molecular flexibility index (Phi) is 19.0. The molecule has 0 spiro atoms. The van der Waals surface area contributed by atoms with Crippen LogP contribution < -0.4 is 79.1 Å². The van der Waals surface area contributed by atoms with E-state index in [-0.39, 0.29) is 99.9 Å². The maximum absolute atomic E-state index is 13.8. The third-order valence-corrected chi connectivity index (χ3v) is 9.49. The van der Waals surface area contributed by atoms with Crippen LogP contribution in [0, 0.1) is 0 Å². The Bertz CT molecular complexity index is 2580. The lowest BCUT2D eigenvalue weighted by Gasteiger charge is -2.20. The average molecular weight is 941 g/mol. The molecule has 0 radical (unpaired) electrons. The number of carbonyl (C=O) groups is 8. The molecule has 0 aliphatic rings. The maximum Gasteiger partial charge on any atom is 0.255 e. The number of rotatable bonds is 23. The molecule has 0 heterocycles. The number of amides is 8. The second-order valence-corrected chi connectivity index (χ2v) is 14.2. The number of primary amides is 1. The molecule has 4 aromatic rings. The van der Waals surface area contributed by atoms with Crippen molar-refractivity contribution in [3.8, 4) is 23.0 Å². The van der Waals surface area contributed by atoms with Gasteiger partial charge in [-0.3, -0.25) is 43.3 Å². The van der Waals surface area contributed by atoms with Crippen molar-refractivity contribution in [2.75, 3.05) is 75.9 Å². The number of guanidine groups is 1. The summed E-state index contributed by atoms with van der Waals surface area (Å²) in [6.07, 6.45) is 0.331. The minimum absolute atomic E-state index is 0.0123. The summed E-state index contributed by atoms with van der Waals surface area (Å²) in [4.78, 5) is 107. The minimum atomic E-state index is -1.17. The first-order chi connectivity index (χ1) is 32.5. The molecule has 0 unspecified atom stereocenters. The second kappa shape index (κ2) is 24.9. The molecule has 0 aliphatic carbocycles. The van der Waals surface area contributed by atoms with Crippen molar-refractivity contribution in [1.29, 1.82) is 0 Å². The highest BCUT2D eigenvalue weighted by Gasteiger charge is 2.25. The summed E-state index contributed by atoms with van der Waals surface area (Å²) in [7, 11) is 5.34. The van der Waals surface area contributed by atoms with E-state index in [0.29, 0.717) is 0 Å². The van der Waals surface area contributed by atoms with Crippen LogP contribution in [0.25, 0.3) is 0 Å². The summed E-state index contributed by atoms with van der Waals surface area (Å²) in [5.74, 6) is -5.09. The van der Waals surface area contributed by atoms with E-state index in [0.717, 1.165) is 0 Å². The van der Waals surface area contributed by atoms with Crippen LogP contribution in [0.5, 0.6) is 23.0 Å². The molecule has 0 saturated carbocycles. The van der Waals surface area contributed by atoms with Gasteiger partial charge in [0.2, 0.25) is 23.6 Å². The summed E-state index contributed by atoms with van der Waals surface area (Å²) in [6.45, 7) is -1.18. The molecular weight excluding hydrogens is 889 g/mol. The Morgan fingerprint density at radius 2 is 0.912 bits per heavy atom. The number of nitrogens with two attached hydrogens (primary N) is 4. The van der Waals surface area contributed by atoms with Gasteiger partial charge in [0.15, 0.2) is 5.96 Å². The fraction of sp³-hybridized carbons (Fsp3) is 0.250. The molecule has 0 aromatic heterocycles. The number of hydrogen-bond donors (Lipinski definition) is 11. The van der Waals surface area contributed by atoms with Crippen LogP contribution in [0.4, 0.5) is 22.7 Å². The zero-order chi connectivity index (χ0) is 49.9. The van der Waals surface area contributed by atoms with Gasteiger partial charge in [-0.05, 0) is 85.6 Å². The van der Waals surface area contributed by atoms with Crippen molar-refractivity contribution in [1.82, 2.24) is 16.0 Å². The molecule has 1 atom stereocenters. The van der Waals surface area contributed by atoms with Crippen LogP contribution in [0.3, 0.4) is 0 Å². The van der Waals surface area contributed by atoms with E-state index in [1.54, 1.807) is 0 Å². The van der Waals surface area contributed by atoms with Crippen LogP contribution >= 0.6 is 0 Å². The molecule has 4 aromatic carbocycles. The predicted molar refractivity (Wildman–Crippen MR) is 250 cm³/mol. The first kappa shape index (κ1) is 51.7. The Hall–Kier alpha value is -8.93. The average Bonchev–Trinajstić information content (AvgIpc) is 3.32. The molecule has 15 N–H and O–H groups in total. The van der Waals surface area contributed by atoms with Crippen LogP contribution in [0.1, 0.15) is 54.3 Å². The number of benzene rings is 4. The second-order valence-electron chi connectivity index (χ2n) is 14.2.